The molecule has 3 atom stereocenters. The third kappa shape index (κ3) is 3.95. The van der Waals surface area contributed by atoms with E-state index in [0.29, 0.717) is 12.6 Å². The average Bonchev–Trinajstić information content (AvgIpc) is 2.12. The summed E-state index contributed by atoms with van der Waals surface area (Å²) in [5.74, 6) is 1.56. The van der Waals surface area contributed by atoms with Gasteiger partial charge in [0, 0.05) is 12.6 Å². The first-order chi connectivity index (χ1) is 6.61. The second-order valence-corrected chi connectivity index (χ2v) is 4.86. The Morgan fingerprint density at radius 2 is 1.79 bits per heavy atom. The van der Waals surface area contributed by atoms with E-state index in [9.17, 15) is 5.11 Å². The maximum Gasteiger partial charge on any atom is 0.0895 e. The van der Waals surface area contributed by atoms with Gasteiger partial charge in [0.2, 0.25) is 0 Å². The second kappa shape index (κ2) is 5.69. The van der Waals surface area contributed by atoms with E-state index < -0.39 is 6.10 Å². The minimum atomic E-state index is -0.609. The van der Waals surface area contributed by atoms with E-state index in [4.69, 9.17) is 5.11 Å². The minimum Gasteiger partial charge on any atom is -0.394 e. The van der Waals surface area contributed by atoms with Crippen LogP contribution in [0.1, 0.15) is 33.1 Å². The first kappa shape index (κ1) is 12.0. The molecule has 0 bridgehead atoms. The van der Waals surface area contributed by atoms with Crippen molar-refractivity contribution in [2.24, 2.45) is 11.8 Å². The van der Waals surface area contributed by atoms with Crippen molar-refractivity contribution in [1.82, 2.24) is 5.32 Å². The Hall–Kier alpha value is -0.120. The summed E-state index contributed by atoms with van der Waals surface area (Å²) in [7, 11) is 0. The van der Waals surface area contributed by atoms with Gasteiger partial charge in [0.15, 0.2) is 0 Å². The Bertz CT molecular complexity index is 153. The van der Waals surface area contributed by atoms with E-state index in [-0.39, 0.29) is 6.61 Å². The van der Waals surface area contributed by atoms with Gasteiger partial charge in [-0.05, 0) is 31.1 Å². The van der Waals surface area contributed by atoms with Crippen LogP contribution in [0.2, 0.25) is 0 Å². The Morgan fingerprint density at radius 1 is 1.21 bits per heavy atom. The van der Waals surface area contributed by atoms with E-state index >= 15 is 0 Å². The summed E-state index contributed by atoms with van der Waals surface area (Å²) in [6.07, 6.45) is 3.11. The predicted molar refractivity (Wildman–Crippen MR) is 57.1 cm³/mol. The van der Waals surface area contributed by atoms with Crippen LogP contribution in [0.15, 0.2) is 0 Å². The van der Waals surface area contributed by atoms with Crippen LogP contribution in [0.5, 0.6) is 0 Å². The Morgan fingerprint density at radius 3 is 2.29 bits per heavy atom. The van der Waals surface area contributed by atoms with Crippen LogP contribution in [0.25, 0.3) is 0 Å². The molecule has 3 nitrogen and oxygen atoms in total. The molecule has 1 fully saturated rings. The van der Waals surface area contributed by atoms with E-state index in [1.54, 1.807) is 0 Å². The molecule has 0 aliphatic heterocycles. The fourth-order valence-corrected chi connectivity index (χ4v) is 2.48. The molecule has 0 aromatic rings. The zero-order valence-corrected chi connectivity index (χ0v) is 9.24. The first-order valence-electron chi connectivity index (χ1n) is 5.64. The van der Waals surface area contributed by atoms with Crippen LogP contribution < -0.4 is 5.32 Å². The molecule has 1 saturated carbocycles. The molecule has 3 N–H and O–H groups in total. The van der Waals surface area contributed by atoms with Crippen molar-refractivity contribution < 1.29 is 10.2 Å². The molecule has 0 aromatic heterocycles. The summed E-state index contributed by atoms with van der Waals surface area (Å²) < 4.78 is 0. The number of aliphatic hydroxyl groups excluding tert-OH is 2. The lowest BCUT2D eigenvalue weighted by Gasteiger charge is -2.32. The highest BCUT2D eigenvalue weighted by Crippen LogP contribution is 2.28. The third-order valence-electron chi connectivity index (χ3n) is 3.03. The quantitative estimate of drug-likeness (QED) is 0.629. The summed E-state index contributed by atoms with van der Waals surface area (Å²) in [6.45, 7) is 4.94. The third-order valence-corrected chi connectivity index (χ3v) is 3.03. The molecule has 3 heteroatoms. The van der Waals surface area contributed by atoms with Gasteiger partial charge in [-0.2, -0.15) is 0 Å². The van der Waals surface area contributed by atoms with Crippen LogP contribution in [0, 0.1) is 11.8 Å². The van der Waals surface area contributed by atoms with Gasteiger partial charge in [-0.25, -0.2) is 0 Å². The van der Waals surface area contributed by atoms with E-state index in [0.717, 1.165) is 11.8 Å². The van der Waals surface area contributed by atoms with Gasteiger partial charge in [0.25, 0.3) is 0 Å². The fourth-order valence-electron chi connectivity index (χ4n) is 2.48. The highest BCUT2D eigenvalue weighted by Gasteiger charge is 2.23. The molecule has 1 rings (SSSR count). The van der Waals surface area contributed by atoms with Crippen molar-refractivity contribution in [3.8, 4) is 0 Å². The van der Waals surface area contributed by atoms with Crippen molar-refractivity contribution in [2.75, 3.05) is 13.2 Å². The monoisotopic (exact) mass is 201 g/mol. The molecule has 84 valence electrons. The number of nitrogens with one attached hydrogen (secondary N) is 1. The Labute approximate surface area is 86.5 Å². The molecule has 0 spiro atoms. The molecule has 0 radical (unpaired) electrons. The predicted octanol–water partition coefficient (Wildman–Crippen LogP) is 0.754. The molecule has 0 amide bonds. The van der Waals surface area contributed by atoms with Crippen LogP contribution >= 0.6 is 0 Å². The maximum absolute atomic E-state index is 9.21. The van der Waals surface area contributed by atoms with E-state index in [1.165, 1.54) is 19.3 Å². The van der Waals surface area contributed by atoms with Gasteiger partial charge >= 0.3 is 0 Å². The smallest absolute Gasteiger partial charge is 0.0895 e. The molecule has 1 aliphatic carbocycles. The lowest BCUT2D eigenvalue weighted by molar-refractivity contribution is 0.0876. The molecule has 1 aliphatic rings. The van der Waals surface area contributed by atoms with Gasteiger partial charge in [-0.15, -0.1) is 0 Å². The van der Waals surface area contributed by atoms with Crippen molar-refractivity contribution in [3.63, 3.8) is 0 Å². The van der Waals surface area contributed by atoms with Gasteiger partial charge < -0.3 is 15.5 Å². The highest BCUT2D eigenvalue weighted by molar-refractivity contribution is 4.80. The lowest BCUT2D eigenvalue weighted by Crippen LogP contribution is -2.41. The molecule has 0 aromatic carbocycles. The van der Waals surface area contributed by atoms with Crippen LogP contribution in [-0.4, -0.2) is 35.5 Å². The number of hydrogen-bond donors (Lipinski definition) is 3. The number of hydrogen-bond acceptors (Lipinski definition) is 3. The topological polar surface area (TPSA) is 52.5 Å². The summed E-state index contributed by atoms with van der Waals surface area (Å²) in [5, 5.41) is 21.2. The second-order valence-electron chi connectivity index (χ2n) is 4.86. The zero-order valence-electron chi connectivity index (χ0n) is 9.24. The van der Waals surface area contributed by atoms with Crippen LogP contribution in [-0.2, 0) is 0 Å². The molecular formula is C11H23NO2. The maximum atomic E-state index is 9.21. The summed E-state index contributed by atoms with van der Waals surface area (Å²) in [5.41, 5.74) is 0. The highest BCUT2D eigenvalue weighted by atomic mass is 16.3. The molecule has 14 heavy (non-hydrogen) atoms. The zero-order chi connectivity index (χ0) is 10.6. The molecule has 3 unspecified atom stereocenters. The van der Waals surface area contributed by atoms with Gasteiger partial charge in [0.1, 0.15) is 0 Å². The van der Waals surface area contributed by atoms with Crippen molar-refractivity contribution >= 4 is 0 Å². The van der Waals surface area contributed by atoms with Gasteiger partial charge in [-0.1, -0.05) is 13.8 Å². The van der Waals surface area contributed by atoms with Gasteiger partial charge in [-0.3, -0.25) is 0 Å². The van der Waals surface area contributed by atoms with E-state index in [1.807, 2.05) is 0 Å². The molecule has 0 saturated heterocycles. The van der Waals surface area contributed by atoms with Crippen LogP contribution in [0.3, 0.4) is 0 Å². The normalized spacial score (nSPS) is 35.6. The van der Waals surface area contributed by atoms with Gasteiger partial charge in [0.05, 0.1) is 12.7 Å². The van der Waals surface area contributed by atoms with E-state index in [2.05, 4.69) is 19.2 Å². The minimum absolute atomic E-state index is 0.148. The average molecular weight is 201 g/mol. The summed E-state index contributed by atoms with van der Waals surface area (Å²) in [4.78, 5) is 0. The Kier molecular flexibility index (Phi) is 4.85. The number of rotatable bonds is 4. The van der Waals surface area contributed by atoms with Crippen molar-refractivity contribution in [1.29, 1.82) is 0 Å². The first-order valence-corrected chi connectivity index (χ1v) is 5.64. The van der Waals surface area contributed by atoms with Crippen molar-refractivity contribution in [3.05, 3.63) is 0 Å². The number of aliphatic hydroxyl groups is 2. The SMILES string of the molecule is CC1CC(C)CC(NCC(O)CO)C1. The molecular weight excluding hydrogens is 178 g/mol. The van der Waals surface area contributed by atoms with Crippen LogP contribution in [0.4, 0.5) is 0 Å². The largest absolute Gasteiger partial charge is 0.394 e. The Balaban J connectivity index is 2.23. The molecule has 0 heterocycles. The summed E-state index contributed by atoms with van der Waals surface area (Å²) in [6, 6.07) is 0.523. The van der Waals surface area contributed by atoms with Crippen molar-refractivity contribution in [2.45, 2.75) is 45.3 Å². The summed E-state index contributed by atoms with van der Waals surface area (Å²) >= 11 is 0. The standard InChI is InChI=1S/C11H23NO2/c1-8-3-9(2)5-10(4-8)12-6-11(14)7-13/h8-14H,3-7H2,1-2H3. The lowest BCUT2D eigenvalue weighted by atomic mass is 9.80. The fraction of sp³-hybridized carbons (Fsp3) is 1.00.